The first-order valence-electron chi connectivity index (χ1n) is 9.19. The number of piperidine rings is 1. The van der Waals surface area contributed by atoms with E-state index in [1.165, 1.54) is 6.42 Å². The average molecular weight is 346 g/mol. The van der Waals surface area contributed by atoms with Gasteiger partial charge in [-0.1, -0.05) is 13.8 Å². The van der Waals surface area contributed by atoms with Gasteiger partial charge in [0.15, 0.2) is 5.65 Å². The number of aromatic amines is 1. The Morgan fingerprint density at radius 3 is 2.60 bits per heavy atom. The van der Waals surface area contributed by atoms with Gasteiger partial charge in [-0.2, -0.15) is 10.1 Å². The van der Waals surface area contributed by atoms with Gasteiger partial charge in [0.1, 0.15) is 5.39 Å². The summed E-state index contributed by atoms with van der Waals surface area (Å²) in [5.74, 6) is 2.01. The van der Waals surface area contributed by atoms with Crippen LogP contribution in [0.4, 0.5) is 5.95 Å². The first kappa shape index (κ1) is 17.9. The number of nitrogens with one attached hydrogen (secondary N) is 2. The lowest BCUT2D eigenvalue weighted by atomic mass is 9.92. The summed E-state index contributed by atoms with van der Waals surface area (Å²) in [6.45, 7) is 14.8. The molecule has 3 rings (SSSR count). The van der Waals surface area contributed by atoms with Crippen LogP contribution in [0, 0.1) is 11.8 Å². The third kappa shape index (κ3) is 4.03. The average Bonchev–Trinajstić information content (AvgIpc) is 2.90. The quantitative estimate of drug-likeness (QED) is 0.888. The molecule has 7 heteroatoms. The van der Waals surface area contributed by atoms with E-state index < -0.39 is 0 Å². The van der Waals surface area contributed by atoms with Gasteiger partial charge < -0.3 is 10.2 Å². The molecule has 25 heavy (non-hydrogen) atoms. The second-order valence-corrected chi connectivity index (χ2v) is 8.51. The Morgan fingerprint density at radius 1 is 1.28 bits per heavy atom. The second-order valence-electron chi connectivity index (χ2n) is 8.51. The molecule has 1 saturated heterocycles. The highest BCUT2D eigenvalue weighted by Gasteiger charge is 2.22. The van der Waals surface area contributed by atoms with Crippen molar-refractivity contribution < 1.29 is 0 Å². The molecule has 0 spiro atoms. The normalized spacial score (nSPS) is 22.4. The Labute approximate surface area is 148 Å². The summed E-state index contributed by atoms with van der Waals surface area (Å²) in [5.41, 5.74) is 0.252. The van der Waals surface area contributed by atoms with Gasteiger partial charge in [-0.15, -0.1) is 0 Å². The zero-order valence-corrected chi connectivity index (χ0v) is 16.0. The van der Waals surface area contributed by atoms with Gasteiger partial charge in [0.25, 0.3) is 5.56 Å². The number of H-pyrrole nitrogens is 1. The van der Waals surface area contributed by atoms with Gasteiger partial charge >= 0.3 is 0 Å². The number of fused-ring (bicyclic) bond motifs is 1. The summed E-state index contributed by atoms with van der Waals surface area (Å²) in [4.78, 5) is 22.2. The maximum Gasteiger partial charge on any atom is 0.263 e. The van der Waals surface area contributed by atoms with Gasteiger partial charge in [-0.25, -0.2) is 4.68 Å². The SMILES string of the molecule is CC1CC(C)CN(CCNc2nc3c(cnn3C(C)(C)C)c(=O)[nH]2)C1. The monoisotopic (exact) mass is 346 g/mol. The zero-order chi connectivity index (χ0) is 18.2. The summed E-state index contributed by atoms with van der Waals surface area (Å²) < 4.78 is 1.80. The van der Waals surface area contributed by atoms with Crippen LogP contribution in [0.5, 0.6) is 0 Å². The molecule has 2 atom stereocenters. The lowest BCUT2D eigenvalue weighted by Gasteiger charge is -2.34. The van der Waals surface area contributed by atoms with E-state index in [-0.39, 0.29) is 11.1 Å². The minimum absolute atomic E-state index is 0.150. The number of rotatable bonds is 4. The molecule has 2 aromatic heterocycles. The lowest BCUT2D eigenvalue weighted by molar-refractivity contribution is 0.146. The maximum atomic E-state index is 12.3. The summed E-state index contributed by atoms with van der Waals surface area (Å²) in [6.07, 6.45) is 2.90. The molecule has 2 aromatic rings. The molecule has 0 aromatic carbocycles. The first-order chi connectivity index (χ1) is 11.7. The Morgan fingerprint density at radius 2 is 1.96 bits per heavy atom. The van der Waals surface area contributed by atoms with Gasteiger partial charge in [-0.3, -0.25) is 9.78 Å². The number of aromatic nitrogens is 4. The molecule has 3 heterocycles. The third-order valence-electron chi connectivity index (χ3n) is 4.74. The van der Waals surface area contributed by atoms with Crippen LogP contribution in [0.2, 0.25) is 0 Å². The Kier molecular flexibility index (Phi) is 4.86. The molecule has 0 aliphatic carbocycles. The van der Waals surface area contributed by atoms with Crippen molar-refractivity contribution in [3.8, 4) is 0 Å². The summed E-state index contributed by atoms with van der Waals surface area (Å²) >= 11 is 0. The number of anilines is 1. The standard InChI is InChI=1S/C18H30N6O/c1-12-8-13(2)11-23(10-12)7-6-19-17-21-15-14(16(25)22-17)9-20-24(15)18(3,4)5/h9,12-13H,6-8,10-11H2,1-5H3,(H2,19,21,22,25). The fourth-order valence-corrected chi connectivity index (χ4v) is 3.80. The molecule has 138 valence electrons. The van der Waals surface area contributed by atoms with E-state index in [4.69, 9.17) is 0 Å². The van der Waals surface area contributed by atoms with Crippen molar-refractivity contribution in [3.63, 3.8) is 0 Å². The molecular weight excluding hydrogens is 316 g/mol. The van der Waals surface area contributed by atoms with Crippen LogP contribution in [0.25, 0.3) is 11.0 Å². The second kappa shape index (κ2) is 6.78. The Hall–Kier alpha value is -1.89. The van der Waals surface area contributed by atoms with Gasteiger partial charge in [0.05, 0.1) is 11.7 Å². The lowest BCUT2D eigenvalue weighted by Crippen LogP contribution is -2.41. The number of nitrogens with zero attached hydrogens (tertiary/aromatic N) is 4. The molecule has 0 saturated carbocycles. The van der Waals surface area contributed by atoms with Crippen molar-refractivity contribution >= 4 is 17.0 Å². The van der Waals surface area contributed by atoms with Crippen LogP contribution < -0.4 is 10.9 Å². The summed E-state index contributed by atoms with van der Waals surface area (Å²) in [7, 11) is 0. The van der Waals surface area contributed by atoms with Gasteiger partial charge in [0, 0.05) is 26.2 Å². The van der Waals surface area contributed by atoms with Crippen molar-refractivity contribution in [1.29, 1.82) is 0 Å². The molecule has 2 unspecified atom stereocenters. The van der Waals surface area contributed by atoms with Crippen molar-refractivity contribution in [2.24, 2.45) is 11.8 Å². The molecule has 1 fully saturated rings. The van der Waals surface area contributed by atoms with Crippen molar-refractivity contribution in [2.75, 3.05) is 31.5 Å². The maximum absolute atomic E-state index is 12.3. The molecule has 0 radical (unpaired) electrons. The van der Waals surface area contributed by atoms with Crippen LogP contribution in [-0.2, 0) is 5.54 Å². The fourth-order valence-electron chi connectivity index (χ4n) is 3.80. The van der Waals surface area contributed by atoms with Gasteiger partial charge in [-0.05, 0) is 39.0 Å². The topological polar surface area (TPSA) is 78.8 Å². The Bertz CT molecular complexity index is 777. The minimum Gasteiger partial charge on any atom is -0.354 e. The van der Waals surface area contributed by atoms with Crippen LogP contribution in [0.3, 0.4) is 0 Å². The first-order valence-corrected chi connectivity index (χ1v) is 9.19. The highest BCUT2D eigenvalue weighted by Crippen LogP contribution is 2.21. The highest BCUT2D eigenvalue weighted by molar-refractivity contribution is 5.74. The summed E-state index contributed by atoms with van der Waals surface area (Å²) in [6, 6.07) is 0. The van der Waals surface area contributed by atoms with Crippen LogP contribution in [-0.4, -0.2) is 50.8 Å². The summed E-state index contributed by atoms with van der Waals surface area (Å²) in [5, 5.41) is 8.14. The van der Waals surface area contributed by atoms with E-state index in [1.807, 2.05) is 20.8 Å². The predicted molar refractivity (Wildman–Crippen MR) is 101 cm³/mol. The fraction of sp³-hybridized carbons (Fsp3) is 0.722. The Balaban J connectivity index is 1.70. The molecule has 7 nitrogen and oxygen atoms in total. The van der Waals surface area contributed by atoms with E-state index in [1.54, 1.807) is 10.9 Å². The van der Waals surface area contributed by atoms with E-state index >= 15 is 0 Å². The van der Waals surface area contributed by atoms with Crippen molar-refractivity contribution in [2.45, 2.75) is 46.6 Å². The number of hydrogen-bond acceptors (Lipinski definition) is 5. The smallest absolute Gasteiger partial charge is 0.263 e. The molecule has 1 aliphatic rings. The molecule has 1 aliphatic heterocycles. The van der Waals surface area contributed by atoms with E-state index in [9.17, 15) is 4.79 Å². The highest BCUT2D eigenvalue weighted by atomic mass is 16.1. The molecule has 0 bridgehead atoms. The largest absolute Gasteiger partial charge is 0.354 e. The van der Waals surface area contributed by atoms with Crippen molar-refractivity contribution in [1.82, 2.24) is 24.6 Å². The molecule has 2 N–H and O–H groups in total. The number of hydrogen-bond donors (Lipinski definition) is 2. The number of likely N-dealkylation sites (tertiary alicyclic amines) is 1. The van der Waals surface area contributed by atoms with E-state index in [0.717, 1.165) is 38.0 Å². The van der Waals surface area contributed by atoms with E-state index in [2.05, 4.69) is 39.1 Å². The molecule has 0 amide bonds. The van der Waals surface area contributed by atoms with Crippen LogP contribution in [0.1, 0.15) is 41.0 Å². The van der Waals surface area contributed by atoms with E-state index in [0.29, 0.717) is 17.0 Å². The third-order valence-corrected chi connectivity index (χ3v) is 4.74. The van der Waals surface area contributed by atoms with Crippen LogP contribution >= 0.6 is 0 Å². The minimum atomic E-state index is -0.222. The van der Waals surface area contributed by atoms with Crippen molar-refractivity contribution in [3.05, 3.63) is 16.6 Å². The molecular formula is C18H30N6O. The predicted octanol–water partition coefficient (Wildman–Crippen LogP) is 2.26. The van der Waals surface area contributed by atoms with Crippen LogP contribution in [0.15, 0.2) is 11.0 Å². The van der Waals surface area contributed by atoms with Gasteiger partial charge in [0.2, 0.25) is 5.95 Å². The zero-order valence-electron chi connectivity index (χ0n) is 16.0.